The van der Waals surface area contributed by atoms with Crippen LogP contribution in [0.25, 0.3) is 10.9 Å². The molecule has 0 atom stereocenters. The summed E-state index contributed by atoms with van der Waals surface area (Å²) in [7, 11) is 0. The van der Waals surface area contributed by atoms with Crippen LogP contribution in [0.4, 0.5) is 14.6 Å². The first-order valence-electron chi connectivity index (χ1n) is 5.32. The molecule has 0 aliphatic heterocycles. The molecule has 1 aromatic carbocycles. The van der Waals surface area contributed by atoms with Crippen LogP contribution in [-0.2, 0) is 0 Å². The Kier molecular flexibility index (Phi) is 2.19. The van der Waals surface area contributed by atoms with Crippen LogP contribution in [0.3, 0.4) is 0 Å². The number of hydrazine groups is 1. The highest BCUT2D eigenvalue weighted by Crippen LogP contribution is 2.39. The summed E-state index contributed by atoms with van der Waals surface area (Å²) in [5, 5.41) is 0.259. The molecule has 0 saturated heterocycles. The minimum Gasteiger partial charge on any atom is -0.308 e. The average molecular weight is 236 g/mol. The van der Waals surface area contributed by atoms with E-state index in [2.05, 4.69) is 15.4 Å². The van der Waals surface area contributed by atoms with E-state index in [0.29, 0.717) is 5.82 Å². The molecule has 3 N–H and O–H groups in total. The topological polar surface area (TPSA) is 63.8 Å². The predicted octanol–water partition coefficient (Wildman–Crippen LogP) is 2.07. The van der Waals surface area contributed by atoms with E-state index < -0.39 is 11.6 Å². The number of rotatable bonds is 2. The van der Waals surface area contributed by atoms with Gasteiger partial charge in [0.1, 0.15) is 17.2 Å². The van der Waals surface area contributed by atoms with Crippen molar-refractivity contribution in [3.8, 4) is 0 Å². The maximum absolute atomic E-state index is 13.6. The molecule has 4 nitrogen and oxygen atoms in total. The fraction of sp³-hybridized carbons (Fsp3) is 0.273. The van der Waals surface area contributed by atoms with Crippen molar-refractivity contribution < 1.29 is 8.78 Å². The smallest absolute Gasteiger partial charge is 0.152 e. The van der Waals surface area contributed by atoms with E-state index in [1.807, 2.05) is 0 Å². The second kappa shape index (κ2) is 3.59. The monoisotopic (exact) mass is 236 g/mol. The third-order valence-electron chi connectivity index (χ3n) is 2.82. The van der Waals surface area contributed by atoms with Gasteiger partial charge in [0, 0.05) is 17.4 Å². The first kappa shape index (κ1) is 10.3. The molecule has 1 aliphatic carbocycles. The summed E-state index contributed by atoms with van der Waals surface area (Å²) in [6.45, 7) is 0. The lowest BCUT2D eigenvalue weighted by molar-refractivity contribution is 0.589. The maximum atomic E-state index is 13.6. The van der Waals surface area contributed by atoms with Crippen molar-refractivity contribution in [2.24, 2.45) is 5.84 Å². The molecule has 88 valence electrons. The number of nitrogens with zero attached hydrogens (tertiary/aromatic N) is 2. The molecule has 1 aromatic heterocycles. The summed E-state index contributed by atoms with van der Waals surface area (Å²) in [4.78, 5) is 8.32. The molecular formula is C11H10F2N4. The van der Waals surface area contributed by atoms with Crippen molar-refractivity contribution in [2.75, 3.05) is 5.43 Å². The van der Waals surface area contributed by atoms with Gasteiger partial charge in [-0.3, -0.25) is 0 Å². The number of halogens is 2. The third-order valence-corrected chi connectivity index (χ3v) is 2.82. The Hall–Kier alpha value is -1.82. The van der Waals surface area contributed by atoms with Crippen molar-refractivity contribution >= 4 is 16.7 Å². The summed E-state index contributed by atoms with van der Waals surface area (Å²) in [5.74, 6) is 5.05. The molecule has 17 heavy (non-hydrogen) atoms. The van der Waals surface area contributed by atoms with Crippen LogP contribution >= 0.6 is 0 Å². The molecule has 0 bridgehead atoms. The minimum absolute atomic E-state index is 0.108. The van der Waals surface area contributed by atoms with Crippen LogP contribution in [0.15, 0.2) is 12.1 Å². The molecule has 0 amide bonds. The van der Waals surface area contributed by atoms with Crippen LogP contribution in [0, 0.1) is 11.6 Å². The Morgan fingerprint density at radius 1 is 1.24 bits per heavy atom. The van der Waals surface area contributed by atoms with Gasteiger partial charge in [0.25, 0.3) is 0 Å². The molecule has 6 heteroatoms. The van der Waals surface area contributed by atoms with Gasteiger partial charge in [0.2, 0.25) is 0 Å². The summed E-state index contributed by atoms with van der Waals surface area (Å²) in [6, 6.07) is 1.98. The Morgan fingerprint density at radius 3 is 2.65 bits per heavy atom. The lowest BCUT2D eigenvalue weighted by Gasteiger charge is -2.08. The Balaban J connectivity index is 2.31. The quantitative estimate of drug-likeness (QED) is 0.619. The second-order valence-corrected chi connectivity index (χ2v) is 4.13. The van der Waals surface area contributed by atoms with Crippen molar-refractivity contribution in [1.29, 1.82) is 0 Å². The SMILES string of the molecule is NNc1nc(C2CC2)nc2c(F)cc(F)cc12. The number of hydrogen-bond acceptors (Lipinski definition) is 4. The molecule has 1 aliphatic rings. The zero-order chi connectivity index (χ0) is 12.0. The van der Waals surface area contributed by atoms with Gasteiger partial charge in [-0.15, -0.1) is 0 Å². The maximum Gasteiger partial charge on any atom is 0.152 e. The fourth-order valence-electron chi connectivity index (χ4n) is 1.81. The summed E-state index contributed by atoms with van der Waals surface area (Å²) in [6.07, 6.45) is 2.00. The van der Waals surface area contributed by atoms with Gasteiger partial charge in [-0.05, 0) is 18.9 Å². The number of benzene rings is 1. The van der Waals surface area contributed by atoms with Gasteiger partial charge in [0.05, 0.1) is 0 Å². The Labute approximate surface area is 95.8 Å². The van der Waals surface area contributed by atoms with Crippen LogP contribution < -0.4 is 11.3 Å². The zero-order valence-corrected chi connectivity index (χ0v) is 8.87. The molecule has 3 rings (SSSR count). The van der Waals surface area contributed by atoms with E-state index in [1.54, 1.807) is 0 Å². The van der Waals surface area contributed by atoms with Crippen molar-refractivity contribution in [3.63, 3.8) is 0 Å². The Morgan fingerprint density at radius 2 is 2.00 bits per heavy atom. The van der Waals surface area contributed by atoms with Crippen LogP contribution in [0.1, 0.15) is 24.6 Å². The third kappa shape index (κ3) is 1.70. The number of nitrogens with one attached hydrogen (secondary N) is 1. The van der Waals surface area contributed by atoms with Crippen LogP contribution in [0.2, 0.25) is 0 Å². The summed E-state index contributed by atoms with van der Waals surface area (Å²) >= 11 is 0. The molecule has 0 unspecified atom stereocenters. The average Bonchev–Trinajstić information content (AvgIpc) is 3.11. The van der Waals surface area contributed by atoms with Crippen molar-refractivity contribution in [2.45, 2.75) is 18.8 Å². The Bertz CT molecular complexity index is 596. The highest BCUT2D eigenvalue weighted by atomic mass is 19.1. The highest BCUT2D eigenvalue weighted by molar-refractivity contribution is 5.89. The van der Waals surface area contributed by atoms with E-state index in [9.17, 15) is 8.78 Å². The first-order valence-corrected chi connectivity index (χ1v) is 5.32. The highest BCUT2D eigenvalue weighted by Gasteiger charge is 2.28. The normalized spacial score (nSPS) is 15.2. The number of fused-ring (bicyclic) bond motifs is 1. The largest absolute Gasteiger partial charge is 0.308 e. The lowest BCUT2D eigenvalue weighted by atomic mass is 10.2. The predicted molar refractivity (Wildman–Crippen MR) is 59.2 cm³/mol. The van der Waals surface area contributed by atoms with Gasteiger partial charge in [-0.2, -0.15) is 0 Å². The van der Waals surface area contributed by atoms with Crippen LogP contribution in [-0.4, -0.2) is 9.97 Å². The van der Waals surface area contributed by atoms with Gasteiger partial charge in [-0.1, -0.05) is 0 Å². The summed E-state index contributed by atoms with van der Waals surface area (Å²) < 4.78 is 26.7. The van der Waals surface area contributed by atoms with E-state index in [1.165, 1.54) is 6.07 Å². The molecule has 1 fully saturated rings. The summed E-state index contributed by atoms with van der Waals surface area (Å²) in [5.41, 5.74) is 2.47. The molecule has 2 aromatic rings. The lowest BCUT2D eigenvalue weighted by Crippen LogP contribution is -2.11. The van der Waals surface area contributed by atoms with Gasteiger partial charge in [-0.25, -0.2) is 24.6 Å². The molecular weight excluding hydrogens is 226 g/mol. The molecule has 1 saturated carbocycles. The second-order valence-electron chi connectivity index (χ2n) is 4.13. The van der Waals surface area contributed by atoms with E-state index in [-0.39, 0.29) is 22.6 Å². The van der Waals surface area contributed by atoms with Gasteiger partial charge >= 0.3 is 0 Å². The molecule has 1 heterocycles. The molecule has 0 radical (unpaired) electrons. The van der Waals surface area contributed by atoms with Crippen LogP contribution in [0.5, 0.6) is 0 Å². The number of nitrogen functional groups attached to an aromatic ring is 1. The van der Waals surface area contributed by atoms with Crippen molar-refractivity contribution in [1.82, 2.24) is 9.97 Å². The first-order chi connectivity index (χ1) is 8.19. The minimum atomic E-state index is -0.694. The fourth-order valence-corrected chi connectivity index (χ4v) is 1.81. The number of aromatic nitrogens is 2. The van der Waals surface area contributed by atoms with E-state index in [4.69, 9.17) is 5.84 Å². The van der Waals surface area contributed by atoms with Gasteiger partial charge < -0.3 is 5.43 Å². The number of nitrogens with two attached hydrogens (primary N) is 1. The van der Waals surface area contributed by atoms with Gasteiger partial charge in [0.15, 0.2) is 11.6 Å². The number of hydrogen-bond donors (Lipinski definition) is 2. The van der Waals surface area contributed by atoms with E-state index >= 15 is 0 Å². The zero-order valence-electron chi connectivity index (χ0n) is 8.87. The standard InChI is InChI=1S/C11H10F2N4/c12-6-3-7-9(8(13)4-6)15-10(5-1-2-5)16-11(7)17-14/h3-5H,1-2,14H2,(H,15,16,17). The number of anilines is 1. The van der Waals surface area contributed by atoms with E-state index in [0.717, 1.165) is 18.9 Å². The van der Waals surface area contributed by atoms with Crippen molar-refractivity contribution in [3.05, 3.63) is 29.6 Å². The molecule has 0 spiro atoms.